The van der Waals surface area contributed by atoms with Crippen LogP contribution in [-0.4, -0.2) is 39.7 Å². The number of halogens is 1. The number of hydrogen-bond donors (Lipinski definition) is 3. The summed E-state index contributed by atoms with van der Waals surface area (Å²) in [6, 6.07) is 21.5. The molecule has 196 valence electrons. The van der Waals surface area contributed by atoms with Crippen LogP contribution in [0.2, 0.25) is 0 Å². The fourth-order valence-corrected chi connectivity index (χ4v) is 5.82. The molecule has 1 unspecified atom stereocenters. The van der Waals surface area contributed by atoms with Crippen molar-refractivity contribution in [1.29, 1.82) is 0 Å². The number of sulfonamides is 2. The molecule has 0 fully saturated rings. The van der Waals surface area contributed by atoms with Crippen LogP contribution in [0.15, 0.2) is 101 Å². The van der Waals surface area contributed by atoms with Crippen LogP contribution in [0.5, 0.6) is 0 Å². The lowest BCUT2D eigenvalue weighted by Gasteiger charge is -2.14. The Labute approximate surface area is 225 Å². The van der Waals surface area contributed by atoms with Crippen molar-refractivity contribution in [2.24, 2.45) is 0 Å². The number of aliphatic carboxylic acids is 1. The third-order valence-electron chi connectivity index (χ3n) is 5.43. The topological polar surface area (TPSA) is 130 Å². The minimum atomic E-state index is -4.08. The van der Waals surface area contributed by atoms with Gasteiger partial charge in [0.05, 0.1) is 10.6 Å². The Kier molecular flexibility index (Phi) is 10.0. The third-order valence-corrected chi connectivity index (χ3v) is 8.68. The molecule has 0 spiro atoms. The van der Waals surface area contributed by atoms with Crippen LogP contribution in [0.3, 0.4) is 0 Å². The number of carbonyl (C=O) groups is 1. The van der Waals surface area contributed by atoms with E-state index in [0.29, 0.717) is 6.42 Å². The standard InChI is InChI=1S/C26H27BrN2O6S2/c27-23-13-9-21(10-14-23)22-11-15-24(16-12-22)37(34,35)29-25(26(30)31)8-4-5-18-28-36(32,33)19-17-20-6-2-1-3-7-20/h1-3,5-7,9-16,18,25,28-29H,4,8,17,19H2,(H,30,31). The summed E-state index contributed by atoms with van der Waals surface area (Å²) in [7, 11) is -7.64. The second-order valence-electron chi connectivity index (χ2n) is 8.20. The Bertz CT molecular complexity index is 1420. The molecule has 11 heteroatoms. The molecule has 0 saturated carbocycles. The van der Waals surface area contributed by atoms with Crippen LogP contribution in [0.1, 0.15) is 18.4 Å². The highest BCUT2D eigenvalue weighted by Crippen LogP contribution is 2.23. The largest absolute Gasteiger partial charge is 0.480 e. The summed E-state index contributed by atoms with van der Waals surface area (Å²) in [4.78, 5) is 11.6. The normalized spacial score (nSPS) is 12.9. The molecule has 0 radical (unpaired) electrons. The highest BCUT2D eigenvalue weighted by Gasteiger charge is 2.24. The molecule has 0 bridgehead atoms. The molecular formula is C26H27BrN2O6S2. The molecule has 0 aliphatic carbocycles. The van der Waals surface area contributed by atoms with Gasteiger partial charge in [-0.15, -0.1) is 0 Å². The van der Waals surface area contributed by atoms with E-state index in [1.165, 1.54) is 24.4 Å². The van der Waals surface area contributed by atoms with Crippen LogP contribution in [-0.2, 0) is 31.3 Å². The zero-order valence-electron chi connectivity index (χ0n) is 19.7. The van der Waals surface area contributed by atoms with Gasteiger partial charge in [-0.1, -0.05) is 76.6 Å². The first-order chi connectivity index (χ1) is 17.6. The van der Waals surface area contributed by atoms with Crippen LogP contribution in [0.4, 0.5) is 0 Å². The van der Waals surface area contributed by atoms with Gasteiger partial charge in [0.15, 0.2) is 0 Å². The third kappa shape index (κ3) is 9.12. The van der Waals surface area contributed by atoms with Gasteiger partial charge in [-0.05, 0) is 60.2 Å². The number of rotatable bonds is 13. The number of hydrogen-bond acceptors (Lipinski definition) is 5. The first kappa shape index (κ1) is 28.6. The van der Waals surface area contributed by atoms with Gasteiger partial charge in [-0.3, -0.25) is 9.52 Å². The van der Waals surface area contributed by atoms with E-state index in [-0.39, 0.29) is 23.5 Å². The number of carboxylic acids is 1. The van der Waals surface area contributed by atoms with Crippen LogP contribution in [0.25, 0.3) is 11.1 Å². The van der Waals surface area contributed by atoms with E-state index in [9.17, 15) is 26.7 Å². The second-order valence-corrected chi connectivity index (χ2v) is 12.7. The van der Waals surface area contributed by atoms with E-state index in [0.717, 1.165) is 21.2 Å². The van der Waals surface area contributed by atoms with Gasteiger partial charge >= 0.3 is 5.97 Å². The van der Waals surface area contributed by atoms with E-state index in [1.54, 1.807) is 12.1 Å². The maximum absolute atomic E-state index is 12.8. The molecule has 3 aromatic carbocycles. The molecule has 0 aliphatic rings. The number of aryl methyl sites for hydroxylation is 1. The second kappa shape index (κ2) is 13.0. The summed E-state index contributed by atoms with van der Waals surface area (Å²) in [6.45, 7) is 0. The Hall–Kier alpha value is -2.99. The minimum absolute atomic E-state index is 0.0543. The number of allylic oxidation sites excluding steroid dienone is 1. The lowest BCUT2D eigenvalue weighted by atomic mass is 10.1. The molecule has 0 heterocycles. The monoisotopic (exact) mass is 606 g/mol. The Morgan fingerprint density at radius 1 is 0.892 bits per heavy atom. The van der Waals surface area contributed by atoms with Crippen molar-refractivity contribution in [3.05, 3.63) is 101 Å². The Morgan fingerprint density at radius 3 is 2.08 bits per heavy atom. The van der Waals surface area contributed by atoms with Gasteiger partial charge in [0, 0.05) is 10.7 Å². The molecule has 8 nitrogen and oxygen atoms in total. The molecule has 0 saturated heterocycles. The fourth-order valence-electron chi connectivity index (χ4n) is 3.41. The molecule has 37 heavy (non-hydrogen) atoms. The van der Waals surface area contributed by atoms with Crippen molar-refractivity contribution < 1.29 is 26.7 Å². The smallest absolute Gasteiger partial charge is 0.321 e. The summed E-state index contributed by atoms with van der Waals surface area (Å²) >= 11 is 3.37. The van der Waals surface area contributed by atoms with Crippen LogP contribution >= 0.6 is 15.9 Å². The molecule has 3 rings (SSSR count). The number of benzene rings is 3. The average molecular weight is 608 g/mol. The van der Waals surface area contributed by atoms with Gasteiger partial charge in [0.1, 0.15) is 6.04 Å². The van der Waals surface area contributed by atoms with Crippen molar-refractivity contribution in [2.45, 2.75) is 30.2 Å². The Balaban J connectivity index is 1.53. The van der Waals surface area contributed by atoms with Crippen LogP contribution in [0, 0.1) is 0 Å². The SMILES string of the molecule is O=C(O)C(CCC=CNS(=O)(=O)CCc1ccccc1)NS(=O)(=O)c1ccc(-c2ccc(Br)cc2)cc1. The van der Waals surface area contributed by atoms with Gasteiger partial charge < -0.3 is 5.11 Å². The van der Waals surface area contributed by atoms with Crippen molar-refractivity contribution in [3.8, 4) is 11.1 Å². The van der Waals surface area contributed by atoms with Gasteiger partial charge in [0.2, 0.25) is 20.0 Å². The number of carboxylic acid groups (broad SMARTS) is 1. The van der Waals surface area contributed by atoms with Crippen molar-refractivity contribution in [2.75, 3.05) is 5.75 Å². The molecular weight excluding hydrogens is 580 g/mol. The van der Waals surface area contributed by atoms with Gasteiger partial charge in [-0.2, -0.15) is 4.72 Å². The minimum Gasteiger partial charge on any atom is -0.480 e. The van der Waals surface area contributed by atoms with Crippen molar-refractivity contribution >= 4 is 41.9 Å². The van der Waals surface area contributed by atoms with Gasteiger partial charge in [-0.25, -0.2) is 16.8 Å². The fraction of sp³-hybridized carbons (Fsp3) is 0.192. The number of nitrogens with one attached hydrogen (secondary N) is 2. The first-order valence-electron chi connectivity index (χ1n) is 11.4. The molecule has 0 amide bonds. The quantitative estimate of drug-likeness (QED) is 0.266. The van der Waals surface area contributed by atoms with Crippen LogP contribution < -0.4 is 9.44 Å². The summed E-state index contributed by atoms with van der Waals surface area (Å²) in [5.74, 6) is -1.42. The maximum Gasteiger partial charge on any atom is 0.321 e. The average Bonchev–Trinajstić information content (AvgIpc) is 2.87. The maximum atomic E-state index is 12.8. The summed E-state index contributed by atoms with van der Waals surface area (Å²) in [5, 5.41) is 9.50. The molecule has 0 aromatic heterocycles. The zero-order chi connectivity index (χ0) is 26.9. The first-order valence-corrected chi connectivity index (χ1v) is 15.3. The molecule has 3 aromatic rings. The van der Waals surface area contributed by atoms with E-state index in [4.69, 9.17) is 0 Å². The van der Waals surface area contributed by atoms with E-state index in [1.807, 2.05) is 54.6 Å². The van der Waals surface area contributed by atoms with Gasteiger partial charge in [0.25, 0.3) is 0 Å². The predicted octanol–water partition coefficient (Wildman–Crippen LogP) is 4.30. The summed E-state index contributed by atoms with van der Waals surface area (Å²) in [6.07, 6.45) is 3.12. The lowest BCUT2D eigenvalue weighted by Crippen LogP contribution is -2.40. The molecule has 0 aliphatic heterocycles. The Morgan fingerprint density at radius 2 is 1.49 bits per heavy atom. The summed E-state index contributed by atoms with van der Waals surface area (Å²) < 4.78 is 55.3. The van der Waals surface area contributed by atoms with E-state index in [2.05, 4.69) is 25.4 Å². The van der Waals surface area contributed by atoms with Crippen molar-refractivity contribution in [3.63, 3.8) is 0 Å². The predicted molar refractivity (Wildman–Crippen MR) is 147 cm³/mol. The lowest BCUT2D eigenvalue weighted by molar-refractivity contribution is -0.139. The highest BCUT2D eigenvalue weighted by molar-refractivity contribution is 9.10. The highest BCUT2D eigenvalue weighted by atomic mass is 79.9. The summed E-state index contributed by atoms with van der Waals surface area (Å²) in [5.41, 5.74) is 2.62. The zero-order valence-corrected chi connectivity index (χ0v) is 23.0. The van der Waals surface area contributed by atoms with E-state index < -0.39 is 32.1 Å². The molecule has 3 N–H and O–H groups in total. The van der Waals surface area contributed by atoms with E-state index >= 15 is 0 Å². The van der Waals surface area contributed by atoms with Crippen molar-refractivity contribution in [1.82, 2.24) is 9.44 Å². The molecule has 1 atom stereocenters.